The van der Waals surface area contributed by atoms with Gasteiger partial charge in [-0.15, -0.1) is 11.6 Å². The van der Waals surface area contributed by atoms with Crippen molar-refractivity contribution in [3.63, 3.8) is 0 Å². The summed E-state index contributed by atoms with van der Waals surface area (Å²) in [5, 5.41) is 2.86. The third-order valence-electron chi connectivity index (χ3n) is 2.61. The second-order valence-electron chi connectivity index (χ2n) is 3.92. The average molecular weight is 264 g/mol. The van der Waals surface area contributed by atoms with Gasteiger partial charge in [-0.05, 0) is 23.8 Å². The summed E-state index contributed by atoms with van der Waals surface area (Å²) in [6, 6.07) is 11.2. The van der Waals surface area contributed by atoms with Crippen LogP contribution >= 0.6 is 11.6 Å². The van der Waals surface area contributed by atoms with Crippen molar-refractivity contribution >= 4 is 23.2 Å². The van der Waals surface area contributed by atoms with Crippen LogP contribution in [0.15, 0.2) is 47.1 Å². The van der Waals surface area contributed by atoms with Crippen molar-refractivity contribution in [3.8, 4) is 0 Å². The van der Waals surface area contributed by atoms with E-state index in [-0.39, 0.29) is 5.91 Å². The molecule has 3 nitrogen and oxygen atoms in total. The molecule has 4 heteroatoms. The predicted molar refractivity (Wildman–Crippen MR) is 71.7 cm³/mol. The standard InChI is InChI=1S/C14H14ClNO2/c15-10-11-4-1-2-6-13(11)16-14(17)8-7-12-5-3-9-18-12/h1-6,9H,7-8,10H2,(H,16,17). The summed E-state index contributed by atoms with van der Waals surface area (Å²) < 4.78 is 5.18. The summed E-state index contributed by atoms with van der Waals surface area (Å²) in [6.45, 7) is 0. The van der Waals surface area contributed by atoms with Gasteiger partial charge in [0.25, 0.3) is 0 Å². The zero-order valence-electron chi connectivity index (χ0n) is 9.86. The molecule has 1 aromatic heterocycles. The molecule has 2 aromatic rings. The molecule has 0 saturated heterocycles. The van der Waals surface area contributed by atoms with E-state index in [2.05, 4.69) is 5.32 Å². The minimum atomic E-state index is -0.0380. The molecule has 18 heavy (non-hydrogen) atoms. The lowest BCUT2D eigenvalue weighted by Gasteiger charge is -2.08. The van der Waals surface area contributed by atoms with Gasteiger partial charge in [0.05, 0.1) is 6.26 Å². The zero-order valence-corrected chi connectivity index (χ0v) is 10.6. The van der Waals surface area contributed by atoms with Crippen LogP contribution < -0.4 is 5.32 Å². The number of benzene rings is 1. The summed E-state index contributed by atoms with van der Waals surface area (Å²) in [5.41, 5.74) is 1.70. The molecule has 0 fully saturated rings. The van der Waals surface area contributed by atoms with Crippen LogP contribution in [0.1, 0.15) is 17.7 Å². The number of anilines is 1. The smallest absolute Gasteiger partial charge is 0.224 e. The average Bonchev–Trinajstić information content (AvgIpc) is 2.90. The van der Waals surface area contributed by atoms with Gasteiger partial charge in [0.1, 0.15) is 5.76 Å². The fourth-order valence-corrected chi connectivity index (χ4v) is 1.90. The molecular weight excluding hydrogens is 250 g/mol. The predicted octanol–water partition coefficient (Wildman–Crippen LogP) is 3.59. The van der Waals surface area contributed by atoms with Crippen molar-refractivity contribution in [2.45, 2.75) is 18.7 Å². The van der Waals surface area contributed by atoms with Crippen LogP contribution in [0.2, 0.25) is 0 Å². The molecule has 0 spiro atoms. The summed E-state index contributed by atoms with van der Waals surface area (Å²) in [7, 11) is 0. The number of nitrogens with one attached hydrogen (secondary N) is 1. The molecule has 0 aliphatic carbocycles. The lowest BCUT2D eigenvalue weighted by molar-refractivity contribution is -0.116. The molecule has 0 radical (unpaired) electrons. The van der Waals surface area contributed by atoms with Crippen molar-refractivity contribution in [1.82, 2.24) is 0 Å². The normalized spacial score (nSPS) is 10.3. The molecule has 94 valence electrons. The number of hydrogen-bond acceptors (Lipinski definition) is 2. The van der Waals surface area contributed by atoms with Crippen molar-refractivity contribution in [2.75, 3.05) is 5.32 Å². The Morgan fingerprint density at radius 1 is 1.22 bits per heavy atom. The van der Waals surface area contributed by atoms with Crippen molar-refractivity contribution < 1.29 is 9.21 Å². The largest absolute Gasteiger partial charge is 0.469 e. The number of halogens is 1. The minimum absolute atomic E-state index is 0.0380. The van der Waals surface area contributed by atoms with Gasteiger partial charge in [-0.3, -0.25) is 4.79 Å². The van der Waals surface area contributed by atoms with E-state index in [1.807, 2.05) is 36.4 Å². The molecule has 0 bridgehead atoms. The second kappa shape index (κ2) is 6.26. The molecule has 2 rings (SSSR count). The van der Waals surface area contributed by atoms with E-state index >= 15 is 0 Å². The van der Waals surface area contributed by atoms with E-state index in [1.165, 1.54) is 0 Å². The van der Waals surface area contributed by atoms with E-state index < -0.39 is 0 Å². The van der Waals surface area contributed by atoms with Crippen LogP contribution in [0, 0.1) is 0 Å². The fraction of sp³-hybridized carbons (Fsp3) is 0.214. The number of furan rings is 1. The molecule has 0 atom stereocenters. The van der Waals surface area contributed by atoms with Crippen LogP contribution in [0.3, 0.4) is 0 Å². The number of para-hydroxylation sites is 1. The number of aryl methyl sites for hydroxylation is 1. The van der Waals surface area contributed by atoms with E-state index in [4.69, 9.17) is 16.0 Å². The maximum Gasteiger partial charge on any atom is 0.224 e. The molecule has 1 aromatic carbocycles. The van der Waals surface area contributed by atoms with Crippen LogP contribution in [0.4, 0.5) is 5.69 Å². The molecule has 0 aliphatic heterocycles. The van der Waals surface area contributed by atoms with Crippen molar-refractivity contribution in [1.29, 1.82) is 0 Å². The number of hydrogen-bond donors (Lipinski definition) is 1. The lowest BCUT2D eigenvalue weighted by atomic mass is 10.2. The molecule has 0 saturated carbocycles. The molecule has 1 amide bonds. The van der Waals surface area contributed by atoms with Crippen LogP contribution in [-0.2, 0) is 17.1 Å². The number of carbonyl (C=O) groups is 1. The first-order valence-corrected chi connectivity index (χ1v) is 6.29. The quantitative estimate of drug-likeness (QED) is 0.838. The summed E-state index contributed by atoms with van der Waals surface area (Å²) >= 11 is 5.81. The van der Waals surface area contributed by atoms with Crippen LogP contribution in [0.25, 0.3) is 0 Å². The van der Waals surface area contributed by atoms with E-state index in [1.54, 1.807) is 6.26 Å². The van der Waals surface area contributed by atoms with Gasteiger partial charge in [-0.1, -0.05) is 18.2 Å². The SMILES string of the molecule is O=C(CCc1ccco1)Nc1ccccc1CCl. The van der Waals surface area contributed by atoms with Gasteiger partial charge in [-0.25, -0.2) is 0 Å². The van der Waals surface area contributed by atoms with Gasteiger partial charge in [0.15, 0.2) is 0 Å². The highest BCUT2D eigenvalue weighted by Gasteiger charge is 2.07. The van der Waals surface area contributed by atoms with Gasteiger partial charge in [0, 0.05) is 24.4 Å². The Balaban J connectivity index is 1.90. The first kappa shape index (κ1) is 12.7. The summed E-state index contributed by atoms with van der Waals surface area (Å²) in [5.74, 6) is 1.16. The van der Waals surface area contributed by atoms with Crippen molar-refractivity contribution in [2.24, 2.45) is 0 Å². The highest BCUT2D eigenvalue weighted by atomic mass is 35.5. The van der Waals surface area contributed by atoms with E-state index in [0.29, 0.717) is 18.7 Å². The van der Waals surface area contributed by atoms with Crippen LogP contribution in [0.5, 0.6) is 0 Å². The Labute approximate surface area is 111 Å². The highest BCUT2D eigenvalue weighted by Crippen LogP contribution is 2.17. The number of alkyl halides is 1. The van der Waals surface area contributed by atoms with Gasteiger partial charge < -0.3 is 9.73 Å². The van der Waals surface area contributed by atoms with Crippen molar-refractivity contribution in [3.05, 3.63) is 54.0 Å². The van der Waals surface area contributed by atoms with Gasteiger partial charge in [0.2, 0.25) is 5.91 Å². The molecule has 1 heterocycles. The number of amides is 1. The number of carbonyl (C=O) groups excluding carboxylic acids is 1. The Hall–Kier alpha value is -1.74. The van der Waals surface area contributed by atoms with E-state index in [0.717, 1.165) is 17.0 Å². The first-order chi connectivity index (χ1) is 8.79. The Morgan fingerprint density at radius 2 is 2.06 bits per heavy atom. The lowest BCUT2D eigenvalue weighted by Crippen LogP contribution is -2.13. The third kappa shape index (κ3) is 3.37. The molecule has 1 N–H and O–H groups in total. The summed E-state index contributed by atoms with van der Waals surface area (Å²) in [4.78, 5) is 11.8. The van der Waals surface area contributed by atoms with Gasteiger partial charge >= 0.3 is 0 Å². The highest BCUT2D eigenvalue weighted by molar-refractivity contribution is 6.17. The second-order valence-corrected chi connectivity index (χ2v) is 4.19. The Kier molecular flexibility index (Phi) is 4.42. The maximum absolute atomic E-state index is 11.8. The van der Waals surface area contributed by atoms with Crippen LogP contribution in [-0.4, -0.2) is 5.91 Å². The fourth-order valence-electron chi connectivity index (χ4n) is 1.66. The Bertz CT molecular complexity index is 508. The zero-order chi connectivity index (χ0) is 12.8. The summed E-state index contributed by atoms with van der Waals surface area (Å²) in [6.07, 6.45) is 2.60. The maximum atomic E-state index is 11.8. The minimum Gasteiger partial charge on any atom is -0.469 e. The Morgan fingerprint density at radius 3 is 2.78 bits per heavy atom. The van der Waals surface area contributed by atoms with E-state index in [9.17, 15) is 4.79 Å². The first-order valence-electron chi connectivity index (χ1n) is 5.75. The molecular formula is C14H14ClNO2. The third-order valence-corrected chi connectivity index (χ3v) is 2.90. The molecule has 0 aliphatic rings. The molecule has 0 unspecified atom stereocenters. The van der Waals surface area contributed by atoms with Gasteiger partial charge in [-0.2, -0.15) is 0 Å². The monoisotopic (exact) mass is 263 g/mol. The number of rotatable bonds is 5. The topological polar surface area (TPSA) is 42.2 Å².